The SMILES string of the molecule is CCCCCCCCC=CCCCCCCCC(=O)NC(CS(=O)(=O)O)C(=O)OC. The van der Waals surface area contributed by atoms with Crippen LogP contribution in [0, 0.1) is 0 Å². The van der Waals surface area contributed by atoms with Crippen molar-refractivity contribution < 1.29 is 27.3 Å². The molecule has 30 heavy (non-hydrogen) atoms. The molecule has 176 valence electrons. The number of carbonyl (C=O) groups excluding carboxylic acids is 2. The summed E-state index contributed by atoms with van der Waals surface area (Å²) in [5, 5.41) is 2.31. The lowest BCUT2D eigenvalue weighted by molar-refractivity contribution is -0.144. The maximum atomic E-state index is 11.9. The number of unbranched alkanes of at least 4 members (excludes halogenated alkanes) is 11. The number of methoxy groups -OCH3 is 1. The highest BCUT2D eigenvalue weighted by molar-refractivity contribution is 7.85. The molecule has 0 saturated carbocycles. The van der Waals surface area contributed by atoms with Gasteiger partial charge in [-0.15, -0.1) is 0 Å². The Bertz CT molecular complexity index is 588. The first-order valence-electron chi connectivity index (χ1n) is 11.3. The van der Waals surface area contributed by atoms with Gasteiger partial charge in [-0.3, -0.25) is 9.35 Å². The van der Waals surface area contributed by atoms with E-state index in [-0.39, 0.29) is 6.42 Å². The fourth-order valence-corrected chi connectivity index (χ4v) is 3.78. The predicted octanol–water partition coefficient (Wildman–Crippen LogP) is 4.57. The van der Waals surface area contributed by atoms with Crippen molar-refractivity contribution in [2.45, 2.75) is 103 Å². The van der Waals surface area contributed by atoms with Crippen LogP contribution >= 0.6 is 0 Å². The summed E-state index contributed by atoms with van der Waals surface area (Å²) >= 11 is 0. The molecule has 8 heteroatoms. The van der Waals surface area contributed by atoms with E-state index in [0.717, 1.165) is 39.2 Å². The van der Waals surface area contributed by atoms with Crippen LogP contribution in [-0.4, -0.2) is 43.8 Å². The first kappa shape index (κ1) is 28.6. The molecule has 0 aliphatic rings. The van der Waals surface area contributed by atoms with E-state index in [1.165, 1.54) is 44.9 Å². The fourth-order valence-electron chi connectivity index (χ4n) is 3.14. The van der Waals surface area contributed by atoms with Crippen LogP contribution in [0.25, 0.3) is 0 Å². The van der Waals surface area contributed by atoms with Gasteiger partial charge in [-0.05, 0) is 32.1 Å². The van der Waals surface area contributed by atoms with Gasteiger partial charge in [-0.25, -0.2) is 4.79 Å². The zero-order chi connectivity index (χ0) is 22.7. The van der Waals surface area contributed by atoms with E-state index in [9.17, 15) is 18.0 Å². The van der Waals surface area contributed by atoms with E-state index < -0.39 is 33.8 Å². The lowest BCUT2D eigenvalue weighted by Gasteiger charge is -2.14. The van der Waals surface area contributed by atoms with Gasteiger partial charge in [0.1, 0.15) is 11.8 Å². The molecule has 0 aliphatic carbocycles. The number of ether oxygens (including phenoxy) is 1. The van der Waals surface area contributed by atoms with E-state index in [1.807, 2.05) is 0 Å². The molecule has 1 unspecified atom stereocenters. The molecule has 0 aromatic carbocycles. The minimum absolute atomic E-state index is 0.205. The molecule has 0 aromatic heterocycles. The molecular formula is C22H41NO6S. The maximum Gasteiger partial charge on any atom is 0.329 e. The highest BCUT2D eigenvalue weighted by atomic mass is 32.2. The second-order valence-corrected chi connectivity index (χ2v) is 9.22. The van der Waals surface area contributed by atoms with Crippen LogP contribution in [0.1, 0.15) is 96.8 Å². The summed E-state index contributed by atoms with van der Waals surface area (Å²) in [5.74, 6) is -2.21. The third-order valence-electron chi connectivity index (χ3n) is 4.86. The third-order valence-corrected chi connectivity index (χ3v) is 5.62. The standard InChI is InChI=1S/C22H41NO6S/c1-3-4-5-6-7-8-9-10-11-12-13-14-15-16-17-18-21(24)23-20(22(25)29-2)19-30(26,27)28/h10-11,20H,3-9,12-19H2,1-2H3,(H,23,24)(H,26,27,28). The van der Waals surface area contributed by atoms with Crippen LogP contribution in [0.4, 0.5) is 0 Å². The molecular weight excluding hydrogens is 406 g/mol. The summed E-state index contributed by atoms with van der Waals surface area (Å²) < 4.78 is 35.2. The summed E-state index contributed by atoms with van der Waals surface area (Å²) in [6, 6.07) is -1.39. The van der Waals surface area contributed by atoms with Crippen LogP contribution in [0.5, 0.6) is 0 Å². The van der Waals surface area contributed by atoms with E-state index in [2.05, 4.69) is 29.1 Å². The smallest absolute Gasteiger partial charge is 0.329 e. The molecule has 1 atom stereocenters. The molecule has 0 heterocycles. The van der Waals surface area contributed by atoms with E-state index in [4.69, 9.17) is 4.55 Å². The summed E-state index contributed by atoms with van der Waals surface area (Å²) in [5.41, 5.74) is 0. The number of rotatable bonds is 19. The lowest BCUT2D eigenvalue weighted by atomic mass is 10.1. The summed E-state index contributed by atoms with van der Waals surface area (Å²) in [6.45, 7) is 2.23. The van der Waals surface area contributed by atoms with Gasteiger partial charge in [0.15, 0.2) is 0 Å². The number of nitrogens with one attached hydrogen (secondary N) is 1. The Morgan fingerprint density at radius 1 is 0.900 bits per heavy atom. The number of carbonyl (C=O) groups is 2. The highest BCUT2D eigenvalue weighted by Gasteiger charge is 2.26. The van der Waals surface area contributed by atoms with Gasteiger partial charge in [-0.1, -0.05) is 70.4 Å². The van der Waals surface area contributed by atoms with Gasteiger partial charge in [0.2, 0.25) is 5.91 Å². The molecule has 0 bridgehead atoms. The Balaban J connectivity index is 3.70. The summed E-state index contributed by atoms with van der Waals surface area (Å²) in [4.78, 5) is 23.4. The van der Waals surface area contributed by atoms with Crippen molar-refractivity contribution >= 4 is 22.0 Å². The second kappa shape index (κ2) is 18.4. The van der Waals surface area contributed by atoms with Gasteiger partial charge in [0, 0.05) is 6.42 Å². The Labute approximate surface area is 182 Å². The zero-order valence-corrected chi connectivity index (χ0v) is 19.6. The van der Waals surface area contributed by atoms with E-state index >= 15 is 0 Å². The molecule has 0 aromatic rings. The number of amides is 1. The monoisotopic (exact) mass is 447 g/mol. The van der Waals surface area contributed by atoms with Crippen molar-refractivity contribution in [1.82, 2.24) is 5.32 Å². The largest absolute Gasteiger partial charge is 0.467 e. The molecule has 0 radical (unpaired) electrons. The molecule has 1 amide bonds. The topological polar surface area (TPSA) is 110 Å². The third kappa shape index (κ3) is 18.6. The fraction of sp³-hybridized carbons (Fsp3) is 0.818. The normalized spacial score (nSPS) is 12.8. The predicted molar refractivity (Wildman–Crippen MR) is 120 cm³/mol. The van der Waals surface area contributed by atoms with Crippen molar-refractivity contribution in [2.75, 3.05) is 12.9 Å². The summed E-state index contributed by atoms with van der Waals surface area (Å²) in [7, 11) is -3.30. The molecule has 2 N–H and O–H groups in total. The summed E-state index contributed by atoms with van der Waals surface area (Å²) in [6.07, 6.45) is 19.8. The van der Waals surface area contributed by atoms with Gasteiger partial charge < -0.3 is 10.1 Å². The zero-order valence-electron chi connectivity index (χ0n) is 18.7. The van der Waals surface area contributed by atoms with Crippen molar-refractivity contribution in [1.29, 1.82) is 0 Å². The first-order valence-corrected chi connectivity index (χ1v) is 12.9. The van der Waals surface area contributed by atoms with Crippen molar-refractivity contribution in [2.24, 2.45) is 0 Å². The van der Waals surface area contributed by atoms with Gasteiger partial charge >= 0.3 is 5.97 Å². The minimum Gasteiger partial charge on any atom is -0.467 e. The van der Waals surface area contributed by atoms with Gasteiger partial charge in [0.05, 0.1) is 7.11 Å². The maximum absolute atomic E-state index is 11.9. The molecule has 0 spiro atoms. The van der Waals surface area contributed by atoms with Crippen molar-refractivity contribution in [3.8, 4) is 0 Å². The Morgan fingerprint density at radius 2 is 1.40 bits per heavy atom. The molecule has 0 saturated heterocycles. The number of allylic oxidation sites excluding steroid dienone is 2. The Kier molecular flexibility index (Phi) is 17.5. The quantitative estimate of drug-likeness (QED) is 0.130. The second-order valence-electron chi connectivity index (χ2n) is 7.73. The van der Waals surface area contributed by atoms with Crippen molar-refractivity contribution in [3.05, 3.63) is 12.2 Å². The van der Waals surface area contributed by atoms with Crippen LogP contribution < -0.4 is 5.32 Å². The lowest BCUT2D eigenvalue weighted by Crippen LogP contribution is -2.45. The van der Waals surface area contributed by atoms with Crippen LogP contribution in [-0.2, 0) is 24.4 Å². The van der Waals surface area contributed by atoms with E-state index in [0.29, 0.717) is 6.42 Å². The average Bonchev–Trinajstić information content (AvgIpc) is 2.68. The number of hydrogen-bond donors (Lipinski definition) is 2. The molecule has 0 rings (SSSR count). The highest BCUT2D eigenvalue weighted by Crippen LogP contribution is 2.10. The van der Waals surface area contributed by atoms with Gasteiger partial charge in [0.25, 0.3) is 10.1 Å². The van der Waals surface area contributed by atoms with Crippen LogP contribution in [0.2, 0.25) is 0 Å². The number of hydrogen-bond acceptors (Lipinski definition) is 5. The van der Waals surface area contributed by atoms with Crippen LogP contribution in [0.3, 0.4) is 0 Å². The van der Waals surface area contributed by atoms with Crippen LogP contribution in [0.15, 0.2) is 12.2 Å². The molecule has 0 aliphatic heterocycles. The Morgan fingerprint density at radius 3 is 1.90 bits per heavy atom. The van der Waals surface area contributed by atoms with E-state index in [1.54, 1.807) is 0 Å². The molecule has 0 fully saturated rings. The molecule has 7 nitrogen and oxygen atoms in total. The van der Waals surface area contributed by atoms with Gasteiger partial charge in [-0.2, -0.15) is 8.42 Å². The van der Waals surface area contributed by atoms with Crippen molar-refractivity contribution in [3.63, 3.8) is 0 Å². The minimum atomic E-state index is -4.40. The average molecular weight is 448 g/mol. The number of esters is 1. The Hall–Kier alpha value is -1.41. The first-order chi connectivity index (χ1) is 14.3.